The van der Waals surface area contributed by atoms with Gasteiger partial charge < -0.3 is 9.47 Å². The van der Waals surface area contributed by atoms with Crippen molar-refractivity contribution < 1.29 is 18.7 Å². The number of carbonyl (C=O) groups excluding carboxylic acids is 1. The summed E-state index contributed by atoms with van der Waals surface area (Å²) in [6.45, 7) is 0. The van der Waals surface area contributed by atoms with Crippen molar-refractivity contribution in [3.63, 3.8) is 0 Å². The minimum Gasteiger partial charge on any atom is -0.493 e. The minimum atomic E-state index is -0.602. The number of hydrogen-bond acceptors (Lipinski definition) is 3. The van der Waals surface area contributed by atoms with Crippen LogP contribution in [0.1, 0.15) is 15.9 Å². The smallest absolute Gasteiger partial charge is 0.167 e. The minimum absolute atomic E-state index is 0.00216. The van der Waals surface area contributed by atoms with Crippen molar-refractivity contribution in [1.29, 1.82) is 0 Å². The highest BCUT2D eigenvalue weighted by atomic mass is 35.5. The number of halogens is 2. The van der Waals surface area contributed by atoms with Crippen LogP contribution in [0.3, 0.4) is 0 Å². The second-order valence-electron chi connectivity index (χ2n) is 4.42. The SMILES string of the molecule is COc1ccc(CC(=O)c2ccc(Cl)c(F)c2)cc1OC. The van der Waals surface area contributed by atoms with E-state index in [4.69, 9.17) is 21.1 Å². The lowest BCUT2D eigenvalue weighted by Crippen LogP contribution is -2.04. The molecule has 110 valence electrons. The van der Waals surface area contributed by atoms with Crippen LogP contribution in [0.4, 0.5) is 4.39 Å². The van der Waals surface area contributed by atoms with E-state index in [0.29, 0.717) is 11.5 Å². The molecule has 5 heteroatoms. The number of hydrogen-bond donors (Lipinski definition) is 0. The molecule has 0 aliphatic heterocycles. The molecule has 2 aromatic carbocycles. The first kappa shape index (κ1) is 15.3. The summed E-state index contributed by atoms with van der Waals surface area (Å²) in [4.78, 5) is 12.1. The van der Waals surface area contributed by atoms with Crippen molar-refractivity contribution in [3.05, 3.63) is 58.4 Å². The van der Waals surface area contributed by atoms with Crippen molar-refractivity contribution in [3.8, 4) is 11.5 Å². The molecule has 0 aromatic heterocycles. The average molecular weight is 309 g/mol. The molecule has 0 saturated carbocycles. The lowest BCUT2D eigenvalue weighted by molar-refractivity contribution is 0.0992. The first-order chi connectivity index (χ1) is 10.0. The summed E-state index contributed by atoms with van der Waals surface area (Å²) in [6.07, 6.45) is 0.140. The molecule has 0 fully saturated rings. The van der Waals surface area contributed by atoms with Crippen LogP contribution >= 0.6 is 11.6 Å². The molecule has 3 nitrogen and oxygen atoms in total. The standard InChI is InChI=1S/C16H14ClFO3/c1-20-15-6-3-10(8-16(15)21-2)7-14(19)11-4-5-12(17)13(18)9-11/h3-6,8-9H,7H2,1-2H3. The number of rotatable bonds is 5. The fourth-order valence-electron chi connectivity index (χ4n) is 1.95. The quantitative estimate of drug-likeness (QED) is 0.785. The van der Waals surface area contributed by atoms with Gasteiger partial charge in [0.1, 0.15) is 5.82 Å². The topological polar surface area (TPSA) is 35.5 Å². The largest absolute Gasteiger partial charge is 0.493 e. The van der Waals surface area contributed by atoms with Crippen LogP contribution in [0.15, 0.2) is 36.4 Å². The molecular formula is C16H14ClFO3. The van der Waals surface area contributed by atoms with E-state index >= 15 is 0 Å². The second-order valence-corrected chi connectivity index (χ2v) is 4.83. The van der Waals surface area contributed by atoms with Crippen LogP contribution in [0.25, 0.3) is 0 Å². The van der Waals surface area contributed by atoms with Gasteiger partial charge in [-0.1, -0.05) is 17.7 Å². The number of benzene rings is 2. The maximum Gasteiger partial charge on any atom is 0.167 e. The number of ketones is 1. The van der Waals surface area contributed by atoms with Crippen molar-refractivity contribution in [2.24, 2.45) is 0 Å². The Labute approximate surface area is 127 Å². The normalized spacial score (nSPS) is 10.3. The Morgan fingerprint density at radius 1 is 1.10 bits per heavy atom. The summed E-state index contributed by atoms with van der Waals surface area (Å²) >= 11 is 5.60. The molecule has 0 spiro atoms. The van der Waals surface area contributed by atoms with Gasteiger partial charge in [0.2, 0.25) is 0 Å². The van der Waals surface area contributed by atoms with Gasteiger partial charge >= 0.3 is 0 Å². The van der Waals surface area contributed by atoms with Crippen LogP contribution in [-0.2, 0) is 6.42 Å². The molecule has 0 N–H and O–H groups in total. The predicted molar refractivity (Wildman–Crippen MR) is 79.0 cm³/mol. The number of Topliss-reactive ketones (excluding diaryl/α,β-unsaturated/α-hetero) is 1. The van der Waals surface area contributed by atoms with Gasteiger partial charge in [-0.15, -0.1) is 0 Å². The third-order valence-corrected chi connectivity index (χ3v) is 3.36. The van der Waals surface area contributed by atoms with E-state index in [1.807, 2.05) is 0 Å². The summed E-state index contributed by atoms with van der Waals surface area (Å²) in [5, 5.41) is -0.00216. The molecule has 0 aliphatic carbocycles. The van der Waals surface area contributed by atoms with Crippen LogP contribution in [-0.4, -0.2) is 20.0 Å². The Hall–Kier alpha value is -2.07. The Kier molecular flexibility index (Phi) is 4.81. The van der Waals surface area contributed by atoms with Gasteiger partial charge in [0.15, 0.2) is 17.3 Å². The molecule has 0 amide bonds. The molecule has 0 saturated heterocycles. The van der Waals surface area contributed by atoms with Crippen LogP contribution in [0, 0.1) is 5.82 Å². The van der Waals surface area contributed by atoms with E-state index in [1.165, 1.54) is 19.2 Å². The van der Waals surface area contributed by atoms with Gasteiger partial charge in [0.25, 0.3) is 0 Å². The van der Waals surface area contributed by atoms with Gasteiger partial charge in [0, 0.05) is 12.0 Å². The van der Waals surface area contributed by atoms with Crippen molar-refractivity contribution >= 4 is 17.4 Å². The zero-order chi connectivity index (χ0) is 15.4. The van der Waals surface area contributed by atoms with E-state index in [2.05, 4.69) is 0 Å². The van der Waals surface area contributed by atoms with Crippen LogP contribution in [0.5, 0.6) is 11.5 Å². The summed E-state index contributed by atoms with van der Waals surface area (Å²) in [5.41, 5.74) is 1.04. The van der Waals surface area contributed by atoms with Gasteiger partial charge in [-0.3, -0.25) is 4.79 Å². The molecule has 0 unspecified atom stereocenters. The van der Waals surface area contributed by atoms with E-state index in [0.717, 1.165) is 11.6 Å². The highest BCUT2D eigenvalue weighted by Gasteiger charge is 2.12. The molecule has 2 rings (SSSR count). The Balaban J connectivity index is 2.21. The fourth-order valence-corrected chi connectivity index (χ4v) is 2.07. The van der Waals surface area contributed by atoms with E-state index in [-0.39, 0.29) is 22.8 Å². The summed E-state index contributed by atoms with van der Waals surface area (Å²) in [5.74, 6) is 0.337. The second kappa shape index (κ2) is 6.59. The molecule has 0 radical (unpaired) electrons. The highest BCUT2D eigenvalue weighted by Crippen LogP contribution is 2.28. The molecule has 21 heavy (non-hydrogen) atoms. The first-order valence-corrected chi connectivity index (χ1v) is 6.62. The predicted octanol–water partition coefficient (Wildman–Crippen LogP) is 3.92. The van der Waals surface area contributed by atoms with Crippen LogP contribution < -0.4 is 9.47 Å². The lowest BCUT2D eigenvalue weighted by atomic mass is 10.0. The van der Waals surface area contributed by atoms with Crippen molar-refractivity contribution in [2.75, 3.05) is 14.2 Å². The first-order valence-electron chi connectivity index (χ1n) is 6.24. The monoisotopic (exact) mass is 308 g/mol. The van der Waals surface area contributed by atoms with Crippen molar-refractivity contribution in [2.45, 2.75) is 6.42 Å². The maximum absolute atomic E-state index is 13.4. The molecule has 0 atom stereocenters. The Morgan fingerprint density at radius 3 is 2.43 bits per heavy atom. The summed E-state index contributed by atoms with van der Waals surface area (Å²) in [7, 11) is 3.07. The summed E-state index contributed by atoms with van der Waals surface area (Å²) < 4.78 is 23.7. The summed E-state index contributed by atoms with van der Waals surface area (Å²) in [6, 6.07) is 9.25. The fraction of sp³-hybridized carbons (Fsp3) is 0.188. The van der Waals surface area contributed by atoms with E-state index in [1.54, 1.807) is 25.3 Å². The van der Waals surface area contributed by atoms with Gasteiger partial charge in [-0.05, 0) is 35.9 Å². The van der Waals surface area contributed by atoms with Crippen LogP contribution in [0.2, 0.25) is 5.02 Å². The number of methoxy groups -OCH3 is 2. The zero-order valence-electron chi connectivity index (χ0n) is 11.7. The molecule has 0 heterocycles. The van der Waals surface area contributed by atoms with Gasteiger partial charge in [-0.25, -0.2) is 4.39 Å². The molecule has 0 bridgehead atoms. The number of ether oxygens (including phenoxy) is 2. The molecule has 0 aliphatic rings. The van der Waals surface area contributed by atoms with E-state index < -0.39 is 5.82 Å². The maximum atomic E-state index is 13.4. The average Bonchev–Trinajstić information content (AvgIpc) is 2.49. The molecular weight excluding hydrogens is 295 g/mol. The van der Waals surface area contributed by atoms with Gasteiger partial charge in [-0.2, -0.15) is 0 Å². The highest BCUT2D eigenvalue weighted by molar-refractivity contribution is 6.30. The third kappa shape index (κ3) is 3.52. The van der Waals surface area contributed by atoms with Crippen molar-refractivity contribution in [1.82, 2.24) is 0 Å². The zero-order valence-corrected chi connectivity index (χ0v) is 12.4. The Morgan fingerprint density at radius 2 is 1.81 bits per heavy atom. The molecule has 2 aromatic rings. The lowest BCUT2D eigenvalue weighted by Gasteiger charge is -2.09. The third-order valence-electron chi connectivity index (χ3n) is 3.05. The Bertz CT molecular complexity index is 671. The van der Waals surface area contributed by atoms with Gasteiger partial charge in [0.05, 0.1) is 19.2 Å². The number of carbonyl (C=O) groups is 1. The van der Waals surface area contributed by atoms with E-state index in [9.17, 15) is 9.18 Å².